The quantitative estimate of drug-likeness (QED) is 0.797. The molecule has 1 aromatic rings. The zero-order chi connectivity index (χ0) is 11.6. The maximum atomic E-state index is 13.4. The standard InChI is InChI=1S/C11H14FNO2/c1-6-3-8(7(2)10(12)4-6)9(5-13)11(14)15/h3-4,9H,5,13H2,1-2H3,(H,14,15). The Morgan fingerprint density at radius 2 is 2.13 bits per heavy atom. The van der Waals surface area contributed by atoms with Crippen LogP contribution in [0.2, 0.25) is 0 Å². The van der Waals surface area contributed by atoms with Crippen LogP contribution in [-0.4, -0.2) is 17.6 Å². The minimum Gasteiger partial charge on any atom is -0.481 e. The van der Waals surface area contributed by atoms with Crippen LogP contribution in [0.25, 0.3) is 0 Å². The predicted octanol–water partition coefficient (Wildman–Crippen LogP) is 1.57. The molecule has 0 heterocycles. The summed E-state index contributed by atoms with van der Waals surface area (Å²) in [6.45, 7) is 3.26. The summed E-state index contributed by atoms with van der Waals surface area (Å²) in [6.07, 6.45) is 0. The molecule has 1 atom stereocenters. The molecule has 1 unspecified atom stereocenters. The molecule has 3 N–H and O–H groups in total. The van der Waals surface area contributed by atoms with E-state index in [-0.39, 0.29) is 12.4 Å². The van der Waals surface area contributed by atoms with Crippen LogP contribution in [0.1, 0.15) is 22.6 Å². The molecule has 0 bridgehead atoms. The molecule has 0 aliphatic heterocycles. The van der Waals surface area contributed by atoms with Gasteiger partial charge in [0.1, 0.15) is 5.82 Å². The highest BCUT2D eigenvalue weighted by atomic mass is 19.1. The first-order valence-corrected chi connectivity index (χ1v) is 4.67. The number of carbonyl (C=O) groups is 1. The predicted molar refractivity (Wildman–Crippen MR) is 55.3 cm³/mol. The van der Waals surface area contributed by atoms with Crippen LogP contribution >= 0.6 is 0 Å². The van der Waals surface area contributed by atoms with E-state index in [0.29, 0.717) is 16.7 Å². The van der Waals surface area contributed by atoms with Crippen molar-refractivity contribution in [1.82, 2.24) is 0 Å². The number of hydrogen-bond acceptors (Lipinski definition) is 2. The van der Waals surface area contributed by atoms with Crippen LogP contribution in [0.15, 0.2) is 12.1 Å². The van der Waals surface area contributed by atoms with E-state index in [4.69, 9.17) is 10.8 Å². The monoisotopic (exact) mass is 211 g/mol. The Morgan fingerprint density at radius 3 is 2.60 bits per heavy atom. The summed E-state index contributed by atoms with van der Waals surface area (Å²) in [5.74, 6) is -2.24. The Kier molecular flexibility index (Phi) is 3.42. The van der Waals surface area contributed by atoms with E-state index >= 15 is 0 Å². The summed E-state index contributed by atoms with van der Waals surface area (Å²) in [5, 5.41) is 8.93. The largest absolute Gasteiger partial charge is 0.481 e. The SMILES string of the molecule is Cc1cc(F)c(C)c(C(CN)C(=O)O)c1. The van der Waals surface area contributed by atoms with E-state index in [1.807, 2.05) is 0 Å². The highest BCUT2D eigenvalue weighted by molar-refractivity contribution is 5.77. The summed E-state index contributed by atoms with van der Waals surface area (Å²) in [5.41, 5.74) is 6.89. The van der Waals surface area contributed by atoms with Gasteiger partial charge in [0.25, 0.3) is 0 Å². The Bertz CT molecular complexity index is 390. The van der Waals surface area contributed by atoms with Crippen LogP contribution in [0.4, 0.5) is 4.39 Å². The molecule has 15 heavy (non-hydrogen) atoms. The zero-order valence-corrected chi connectivity index (χ0v) is 8.75. The van der Waals surface area contributed by atoms with Crippen molar-refractivity contribution in [2.24, 2.45) is 5.73 Å². The van der Waals surface area contributed by atoms with Crippen LogP contribution in [0, 0.1) is 19.7 Å². The van der Waals surface area contributed by atoms with Crippen LogP contribution in [-0.2, 0) is 4.79 Å². The van der Waals surface area contributed by atoms with Gasteiger partial charge in [0.05, 0.1) is 5.92 Å². The van der Waals surface area contributed by atoms with Gasteiger partial charge < -0.3 is 10.8 Å². The summed E-state index contributed by atoms with van der Waals surface area (Å²) < 4.78 is 13.4. The van der Waals surface area contributed by atoms with Gasteiger partial charge in [-0.05, 0) is 36.6 Å². The van der Waals surface area contributed by atoms with Crippen molar-refractivity contribution in [2.45, 2.75) is 19.8 Å². The third kappa shape index (κ3) is 2.33. The van der Waals surface area contributed by atoms with Crippen molar-refractivity contribution < 1.29 is 14.3 Å². The van der Waals surface area contributed by atoms with E-state index in [0.717, 1.165) is 0 Å². The van der Waals surface area contributed by atoms with Gasteiger partial charge in [-0.25, -0.2) is 4.39 Å². The smallest absolute Gasteiger partial charge is 0.312 e. The topological polar surface area (TPSA) is 63.3 Å². The molecule has 0 radical (unpaired) electrons. The number of aliphatic carboxylic acids is 1. The first-order valence-electron chi connectivity index (χ1n) is 4.67. The normalized spacial score (nSPS) is 12.5. The summed E-state index contributed by atoms with van der Waals surface area (Å²) in [7, 11) is 0. The molecule has 0 saturated carbocycles. The third-order valence-electron chi connectivity index (χ3n) is 2.44. The van der Waals surface area contributed by atoms with Crippen molar-refractivity contribution >= 4 is 5.97 Å². The summed E-state index contributed by atoms with van der Waals surface area (Å²) >= 11 is 0. The zero-order valence-electron chi connectivity index (χ0n) is 8.75. The number of benzene rings is 1. The van der Waals surface area contributed by atoms with Gasteiger partial charge in [0.2, 0.25) is 0 Å². The minimum absolute atomic E-state index is 0.0287. The molecule has 1 aromatic carbocycles. The molecular formula is C11H14FNO2. The number of rotatable bonds is 3. The van der Waals surface area contributed by atoms with E-state index in [1.54, 1.807) is 19.9 Å². The fourth-order valence-electron chi connectivity index (χ4n) is 1.56. The van der Waals surface area contributed by atoms with Gasteiger partial charge in [-0.1, -0.05) is 6.07 Å². The van der Waals surface area contributed by atoms with Gasteiger partial charge in [0, 0.05) is 6.54 Å². The Labute approximate surface area is 87.7 Å². The van der Waals surface area contributed by atoms with E-state index < -0.39 is 11.9 Å². The second-order valence-corrected chi connectivity index (χ2v) is 3.59. The molecular weight excluding hydrogens is 197 g/mol. The molecule has 0 aromatic heterocycles. The third-order valence-corrected chi connectivity index (χ3v) is 2.44. The highest BCUT2D eigenvalue weighted by Crippen LogP contribution is 2.23. The fraction of sp³-hybridized carbons (Fsp3) is 0.364. The fourth-order valence-corrected chi connectivity index (χ4v) is 1.56. The molecule has 3 nitrogen and oxygen atoms in total. The lowest BCUT2D eigenvalue weighted by Gasteiger charge is -2.14. The summed E-state index contributed by atoms with van der Waals surface area (Å²) in [6, 6.07) is 3.05. The Hall–Kier alpha value is -1.42. The van der Waals surface area contributed by atoms with Gasteiger partial charge >= 0.3 is 5.97 Å². The van der Waals surface area contributed by atoms with E-state index in [9.17, 15) is 9.18 Å². The molecule has 1 rings (SSSR count). The molecule has 0 spiro atoms. The van der Waals surface area contributed by atoms with Crippen molar-refractivity contribution in [3.05, 3.63) is 34.6 Å². The summed E-state index contributed by atoms with van der Waals surface area (Å²) in [4.78, 5) is 10.9. The molecule has 82 valence electrons. The number of aryl methyl sites for hydroxylation is 1. The minimum atomic E-state index is -1.02. The molecule has 4 heteroatoms. The van der Waals surface area contributed by atoms with Gasteiger partial charge in [-0.15, -0.1) is 0 Å². The number of nitrogens with two attached hydrogens (primary N) is 1. The number of carboxylic acid groups (broad SMARTS) is 1. The van der Waals surface area contributed by atoms with E-state index in [2.05, 4.69) is 0 Å². The first-order chi connectivity index (χ1) is 6.97. The molecule has 0 amide bonds. The van der Waals surface area contributed by atoms with Crippen molar-refractivity contribution in [2.75, 3.05) is 6.54 Å². The van der Waals surface area contributed by atoms with Crippen molar-refractivity contribution in [1.29, 1.82) is 0 Å². The van der Waals surface area contributed by atoms with Gasteiger partial charge in [-0.3, -0.25) is 4.79 Å². The number of carboxylic acids is 1. The molecule has 0 aliphatic carbocycles. The average Bonchev–Trinajstić information content (AvgIpc) is 2.13. The molecule has 0 saturated heterocycles. The lowest BCUT2D eigenvalue weighted by Crippen LogP contribution is -2.22. The van der Waals surface area contributed by atoms with Crippen LogP contribution in [0.3, 0.4) is 0 Å². The lowest BCUT2D eigenvalue weighted by molar-refractivity contribution is -0.138. The average molecular weight is 211 g/mol. The Balaban J connectivity index is 3.28. The van der Waals surface area contributed by atoms with Crippen LogP contribution in [0.5, 0.6) is 0 Å². The lowest BCUT2D eigenvalue weighted by atomic mass is 9.93. The van der Waals surface area contributed by atoms with Crippen LogP contribution < -0.4 is 5.73 Å². The van der Waals surface area contributed by atoms with Crippen molar-refractivity contribution in [3.8, 4) is 0 Å². The molecule has 0 aliphatic rings. The second kappa shape index (κ2) is 4.40. The molecule has 0 fully saturated rings. The van der Waals surface area contributed by atoms with E-state index in [1.165, 1.54) is 6.07 Å². The number of halogens is 1. The van der Waals surface area contributed by atoms with Gasteiger partial charge in [0.15, 0.2) is 0 Å². The van der Waals surface area contributed by atoms with Crippen molar-refractivity contribution in [3.63, 3.8) is 0 Å². The maximum Gasteiger partial charge on any atom is 0.312 e. The first kappa shape index (κ1) is 11.7. The Morgan fingerprint density at radius 1 is 1.53 bits per heavy atom. The maximum absolute atomic E-state index is 13.4. The number of hydrogen-bond donors (Lipinski definition) is 2. The second-order valence-electron chi connectivity index (χ2n) is 3.59. The van der Waals surface area contributed by atoms with Gasteiger partial charge in [-0.2, -0.15) is 0 Å². The highest BCUT2D eigenvalue weighted by Gasteiger charge is 2.21.